The average Bonchev–Trinajstić information content (AvgIpc) is 2.32. The van der Waals surface area contributed by atoms with Crippen LogP contribution in [0.4, 0.5) is 24.5 Å². The molecule has 2 aromatic carbocycles. The zero-order chi connectivity index (χ0) is 13.3. The zero-order valence-electron chi connectivity index (χ0n) is 9.08. The van der Waals surface area contributed by atoms with Crippen molar-refractivity contribution in [2.75, 3.05) is 11.1 Å². The third-order valence-electron chi connectivity index (χ3n) is 2.46. The molecule has 18 heavy (non-hydrogen) atoms. The van der Waals surface area contributed by atoms with Crippen LogP contribution in [0.1, 0.15) is 0 Å². The molecule has 0 radical (unpaired) electrons. The maximum Gasteiger partial charge on any atom is 0.471 e. The second-order valence-electron chi connectivity index (χ2n) is 3.70. The first kappa shape index (κ1) is 12.2. The third kappa shape index (κ3) is 2.22. The van der Waals surface area contributed by atoms with E-state index in [9.17, 15) is 18.0 Å². The molecule has 0 bridgehead atoms. The molecule has 0 fully saturated rings. The fourth-order valence-electron chi connectivity index (χ4n) is 1.62. The maximum absolute atomic E-state index is 12.2. The number of carbonyl (C=O) groups excluding carboxylic acids is 1. The highest BCUT2D eigenvalue weighted by atomic mass is 19.4. The molecule has 1 amide bonds. The molecule has 3 nitrogen and oxygen atoms in total. The summed E-state index contributed by atoms with van der Waals surface area (Å²) in [4.78, 5) is 10.9. The summed E-state index contributed by atoms with van der Waals surface area (Å²) in [5.74, 6) is -2.00. The Bertz CT molecular complexity index is 608. The van der Waals surface area contributed by atoms with Crippen LogP contribution in [-0.2, 0) is 4.79 Å². The van der Waals surface area contributed by atoms with Crippen LogP contribution in [0.2, 0.25) is 0 Å². The molecule has 6 heteroatoms. The monoisotopic (exact) mass is 254 g/mol. The van der Waals surface area contributed by atoms with Crippen LogP contribution in [0.25, 0.3) is 10.8 Å². The summed E-state index contributed by atoms with van der Waals surface area (Å²) in [7, 11) is 0. The van der Waals surface area contributed by atoms with E-state index in [0.717, 1.165) is 0 Å². The molecule has 0 atom stereocenters. The number of hydrogen-bond acceptors (Lipinski definition) is 2. The van der Waals surface area contributed by atoms with Crippen molar-refractivity contribution < 1.29 is 18.0 Å². The topological polar surface area (TPSA) is 55.1 Å². The molecule has 0 heterocycles. The molecular formula is C12H9F3N2O. The summed E-state index contributed by atoms with van der Waals surface area (Å²) in [6, 6.07) is 9.44. The first-order chi connectivity index (χ1) is 8.39. The molecule has 0 aliphatic rings. The Morgan fingerprint density at radius 3 is 2.28 bits per heavy atom. The van der Waals surface area contributed by atoms with Crippen molar-refractivity contribution in [2.45, 2.75) is 6.18 Å². The fourth-order valence-corrected chi connectivity index (χ4v) is 1.62. The van der Waals surface area contributed by atoms with Crippen molar-refractivity contribution in [1.29, 1.82) is 0 Å². The number of alkyl halides is 3. The molecule has 0 spiro atoms. The van der Waals surface area contributed by atoms with Crippen molar-refractivity contribution in [3.05, 3.63) is 36.4 Å². The molecule has 94 valence electrons. The number of fused-ring (bicyclic) bond motifs is 1. The van der Waals surface area contributed by atoms with Crippen LogP contribution in [0, 0.1) is 0 Å². The molecular weight excluding hydrogens is 245 g/mol. The highest BCUT2D eigenvalue weighted by Crippen LogP contribution is 2.29. The maximum atomic E-state index is 12.2. The van der Waals surface area contributed by atoms with Gasteiger partial charge in [-0.3, -0.25) is 4.79 Å². The minimum Gasteiger partial charge on any atom is -0.398 e. The number of nitrogens with one attached hydrogen (secondary N) is 1. The van der Waals surface area contributed by atoms with Crippen LogP contribution < -0.4 is 11.1 Å². The van der Waals surface area contributed by atoms with Gasteiger partial charge in [0.05, 0.1) is 0 Å². The Balaban J connectivity index is 2.47. The molecule has 0 saturated heterocycles. The van der Waals surface area contributed by atoms with E-state index < -0.39 is 12.1 Å². The number of rotatable bonds is 1. The smallest absolute Gasteiger partial charge is 0.398 e. The van der Waals surface area contributed by atoms with E-state index in [4.69, 9.17) is 5.73 Å². The van der Waals surface area contributed by atoms with Gasteiger partial charge in [0.2, 0.25) is 0 Å². The largest absolute Gasteiger partial charge is 0.471 e. The minimum absolute atomic E-state index is 0.0853. The number of benzene rings is 2. The first-order valence-corrected chi connectivity index (χ1v) is 5.05. The average molecular weight is 254 g/mol. The highest BCUT2D eigenvalue weighted by Gasteiger charge is 2.38. The number of nitrogen functional groups attached to an aromatic ring is 1. The first-order valence-electron chi connectivity index (χ1n) is 5.05. The Morgan fingerprint density at radius 2 is 1.67 bits per heavy atom. The van der Waals surface area contributed by atoms with Crippen LogP contribution in [0.5, 0.6) is 0 Å². The number of anilines is 2. The van der Waals surface area contributed by atoms with Gasteiger partial charge in [-0.05, 0) is 12.1 Å². The van der Waals surface area contributed by atoms with E-state index >= 15 is 0 Å². The van der Waals surface area contributed by atoms with E-state index in [1.807, 2.05) is 5.32 Å². The van der Waals surface area contributed by atoms with Crippen molar-refractivity contribution in [3.8, 4) is 0 Å². The van der Waals surface area contributed by atoms with Crippen LogP contribution in [0.15, 0.2) is 36.4 Å². The molecule has 2 aromatic rings. The van der Waals surface area contributed by atoms with Crippen molar-refractivity contribution in [2.24, 2.45) is 0 Å². The lowest BCUT2D eigenvalue weighted by Crippen LogP contribution is -2.30. The Hall–Kier alpha value is -2.24. The normalized spacial score (nSPS) is 11.5. The third-order valence-corrected chi connectivity index (χ3v) is 2.46. The van der Waals surface area contributed by atoms with E-state index in [-0.39, 0.29) is 5.69 Å². The van der Waals surface area contributed by atoms with Gasteiger partial charge in [0.25, 0.3) is 0 Å². The summed E-state index contributed by atoms with van der Waals surface area (Å²) in [5, 5.41) is 2.90. The van der Waals surface area contributed by atoms with Gasteiger partial charge in [0.15, 0.2) is 0 Å². The van der Waals surface area contributed by atoms with Crippen molar-refractivity contribution >= 4 is 28.1 Å². The molecule has 0 aliphatic heterocycles. The van der Waals surface area contributed by atoms with Gasteiger partial charge in [0, 0.05) is 22.1 Å². The second-order valence-corrected chi connectivity index (χ2v) is 3.70. The molecule has 2 rings (SSSR count). The lowest BCUT2D eigenvalue weighted by Gasteiger charge is -2.11. The van der Waals surface area contributed by atoms with Gasteiger partial charge >= 0.3 is 12.1 Å². The SMILES string of the molecule is Nc1ccc(NC(=O)C(F)(F)F)c2ccccc12. The number of nitrogens with two attached hydrogens (primary N) is 1. The predicted octanol–water partition coefficient (Wildman–Crippen LogP) is 2.92. The van der Waals surface area contributed by atoms with Crippen LogP contribution in [-0.4, -0.2) is 12.1 Å². The summed E-state index contributed by atoms with van der Waals surface area (Å²) >= 11 is 0. The van der Waals surface area contributed by atoms with Crippen molar-refractivity contribution in [3.63, 3.8) is 0 Å². The van der Waals surface area contributed by atoms with E-state index in [0.29, 0.717) is 16.5 Å². The Kier molecular flexibility index (Phi) is 2.86. The zero-order valence-corrected chi connectivity index (χ0v) is 9.08. The molecule has 0 saturated carbocycles. The van der Waals surface area contributed by atoms with Gasteiger partial charge in [-0.1, -0.05) is 24.3 Å². The van der Waals surface area contributed by atoms with Gasteiger partial charge in [0.1, 0.15) is 0 Å². The molecule has 0 aromatic heterocycles. The minimum atomic E-state index is -4.91. The summed E-state index contributed by atoms with van der Waals surface area (Å²) in [6.45, 7) is 0. The predicted molar refractivity (Wildman–Crippen MR) is 63.0 cm³/mol. The number of halogens is 3. The van der Waals surface area contributed by atoms with Crippen molar-refractivity contribution in [1.82, 2.24) is 0 Å². The quantitative estimate of drug-likeness (QED) is 0.769. The number of hydrogen-bond donors (Lipinski definition) is 2. The van der Waals surface area contributed by atoms with Gasteiger partial charge in [-0.2, -0.15) is 13.2 Å². The Morgan fingerprint density at radius 1 is 1.06 bits per heavy atom. The van der Waals surface area contributed by atoms with E-state index in [1.165, 1.54) is 12.1 Å². The van der Waals surface area contributed by atoms with Crippen LogP contribution >= 0.6 is 0 Å². The standard InChI is InChI=1S/C12H9F3N2O/c13-12(14,15)11(18)17-10-6-5-9(16)7-3-1-2-4-8(7)10/h1-6H,16H2,(H,17,18). The fraction of sp³-hybridized carbons (Fsp3) is 0.0833. The second kappa shape index (κ2) is 4.21. The molecule has 3 N–H and O–H groups in total. The molecule has 0 aliphatic carbocycles. The summed E-state index contributed by atoms with van der Waals surface area (Å²) < 4.78 is 36.5. The van der Waals surface area contributed by atoms with Gasteiger partial charge in [-0.15, -0.1) is 0 Å². The van der Waals surface area contributed by atoms with Gasteiger partial charge < -0.3 is 11.1 Å². The lowest BCUT2D eigenvalue weighted by atomic mass is 10.1. The number of amides is 1. The number of carbonyl (C=O) groups is 1. The van der Waals surface area contributed by atoms with E-state index in [1.54, 1.807) is 24.3 Å². The van der Waals surface area contributed by atoms with Gasteiger partial charge in [-0.25, -0.2) is 0 Å². The highest BCUT2D eigenvalue weighted by molar-refractivity contribution is 6.07. The summed E-state index contributed by atoms with van der Waals surface area (Å²) in [5.41, 5.74) is 6.23. The molecule has 0 unspecified atom stereocenters. The Labute approximate surface area is 100 Å². The lowest BCUT2D eigenvalue weighted by molar-refractivity contribution is -0.167. The van der Waals surface area contributed by atoms with Crippen LogP contribution in [0.3, 0.4) is 0 Å². The van der Waals surface area contributed by atoms with E-state index in [2.05, 4.69) is 0 Å². The summed E-state index contributed by atoms with van der Waals surface area (Å²) in [6.07, 6.45) is -4.91.